The fraction of sp³-hybridized carbons (Fsp3) is 0.263. The number of hydrogen-bond donors (Lipinski definition) is 2. The van der Waals surface area contributed by atoms with Crippen LogP contribution < -0.4 is 10.6 Å². The van der Waals surface area contributed by atoms with Crippen LogP contribution in [0.3, 0.4) is 0 Å². The quantitative estimate of drug-likeness (QED) is 0.778. The van der Waals surface area contributed by atoms with E-state index in [0.29, 0.717) is 23.0 Å². The maximum Gasteiger partial charge on any atom is 0.251 e. The van der Waals surface area contributed by atoms with Crippen molar-refractivity contribution in [2.24, 2.45) is 0 Å². The molecule has 0 fully saturated rings. The van der Waals surface area contributed by atoms with Crippen molar-refractivity contribution in [3.63, 3.8) is 0 Å². The van der Waals surface area contributed by atoms with Gasteiger partial charge >= 0.3 is 0 Å². The zero-order chi connectivity index (χ0) is 17.5. The van der Waals surface area contributed by atoms with E-state index in [0.717, 1.165) is 5.56 Å². The van der Waals surface area contributed by atoms with Crippen LogP contribution in [0.4, 0.5) is 5.69 Å². The first kappa shape index (κ1) is 18.1. The Kier molecular flexibility index (Phi) is 6.44. The minimum Gasteiger partial charge on any atom is -0.348 e. The second-order valence-electron chi connectivity index (χ2n) is 5.76. The van der Waals surface area contributed by atoms with Crippen LogP contribution in [0, 0.1) is 0 Å². The monoisotopic (exact) mass is 342 g/mol. The van der Waals surface area contributed by atoms with Gasteiger partial charge in [-0.3, -0.25) is 9.59 Å². The molecule has 0 bridgehead atoms. The molecule has 0 heterocycles. The average molecular weight is 342 g/mol. The van der Waals surface area contributed by atoms with Gasteiger partial charge in [-0.1, -0.05) is 32.0 Å². The van der Waals surface area contributed by atoms with E-state index in [1.807, 2.05) is 23.9 Å². The predicted octanol–water partition coefficient (Wildman–Crippen LogP) is 4.08. The molecular formula is C19H22N2O2S. The average Bonchev–Trinajstić information content (AvgIpc) is 2.53. The third kappa shape index (κ3) is 5.74. The number of carbonyl (C=O) groups excluding carboxylic acids is 2. The van der Waals surface area contributed by atoms with Gasteiger partial charge in [0.1, 0.15) is 0 Å². The lowest BCUT2D eigenvalue weighted by atomic mass is 10.1. The second kappa shape index (κ2) is 8.55. The summed E-state index contributed by atoms with van der Waals surface area (Å²) in [7, 11) is 0. The van der Waals surface area contributed by atoms with E-state index >= 15 is 0 Å². The molecule has 5 heteroatoms. The van der Waals surface area contributed by atoms with E-state index in [-0.39, 0.29) is 11.8 Å². The number of thioether (sulfide) groups is 1. The summed E-state index contributed by atoms with van der Waals surface area (Å²) < 4.78 is 0. The van der Waals surface area contributed by atoms with Crippen LogP contribution in [0.5, 0.6) is 0 Å². The lowest BCUT2D eigenvalue weighted by molar-refractivity contribution is -0.114. The Labute approximate surface area is 147 Å². The van der Waals surface area contributed by atoms with Gasteiger partial charge in [0.25, 0.3) is 5.91 Å². The summed E-state index contributed by atoms with van der Waals surface area (Å²) in [5.41, 5.74) is 2.19. The molecule has 0 aromatic heterocycles. The molecule has 0 aliphatic carbocycles. The molecule has 2 aromatic rings. The normalized spacial score (nSPS) is 10.5. The maximum absolute atomic E-state index is 12.2. The molecule has 0 radical (unpaired) electrons. The molecule has 4 nitrogen and oxygen atoms in total. The number of amides is 2. The molecule has 0 spiro atoms. The molecule has 2 N–H and O–H groups in total. The summed E-state index contributed by atoms with van der Waals surface area (Å²) in [4.78, 5) is 24.6. The smallest absolute Gasteiger partial charge is 0.251 e. The van der Waals surface area contributed by atoms with Crippen LogP contribution in [-0.2, 0) is 11.3 Å². The van der Waals surface area contributed by atoms with Crippen molar-refractivity contribution in [1.29, 1.82) is 0 Å². The zero-order valence-electron chi connectivity index (χ0n) is 14.1. The largest absolute Gasteiger partial charge is 0.348 e. The molecule has 0 aliphatic rings. The van der Waals surface area contributed by atoms with Gasteiger partial charge in [0.15, 0.2) is 0 Å². The number of anilines is 1. The first-order chi connectivity index (χ1) is 11.4. The fourth-order valence-corrected chi connectivity index (χ4v) is 3.02. The molecule has 126 valence electrons. The highest BCUT2D eigenvalue weighted by atomic mass is 32.2. The topological polar surface area (TPSA) is 58.2 Å². The van der Waals surface area contributed by atoms with Crippen LogP contribution in [0.15, 0.2) is 53.4 Å². The van der Waals surface area contributed by atoms with Crippen molar-refractivity contribution in [3.05, 3.63) is 59.7 Å². The van der Waals surface area contributed by atoms with Crippen molar-refractivity contribution < 1.29 is 9.59 Å². The highest BCUT2D eigenvalue weighted by molar-refractivity contribution is 7.99. The zero-order valence-corrected chi connectivity index (χ0v) is 14.9. The summed E-state index contributed by atoms with van der Waals surface area (Å²) in [5.74, 6) is -0.324. The third-order valence-corrected chi connectivity index (χ3v) is 4.21. The molecule has 24 heavy (non-hydrogen) atoms. The third-order valence-electron chi connectivity index (χ3n) is 3.19. The van der Waals surface area contributed by atoms with Crippen molar-refractivity contribution >= 4 is 29.3 Å². The summed E-state index contributed by atoms with van der Waals surface area (Å²) in [6.07, 6.45) is 0. The second-order valence-corrected chi connectivity index (χ2v) is 7.41. The minimum atomic E-state index is -0.164. The Morgan fingerprint density at radius 1 is 1.08 bits per heavy atom. The van der Waals surface area contributed by atoms with E-state index in [9.17, 15) is 9.59 Å². The lowest BCUT2D eigenvalue weighted by Crippen LogP contribution is -2.22. The van der Waals surface area contributed by atoms with Gasteiger partial charge in [-0.25, -0.2) is 0 Å². The lowest BCUT2D eigenvalue weighted by Gasteiger charge is -2.09. The molecule has 0 saturated carbocycles. The van der Waals surface area contributed by atoms with Crippen molar-refractivity contribution in [3.8, 4) is 0 Å². The van der Waals surface area contributed by atoms with Gasteiger partial charge in [-0.15, -0.1) is 11.8 Å². The Morgan fingerprint density at radius 2 is 1.79 bits per heavy atom. The first-order valence-corrected chi connectivity index (χ1v) is 8.73. The molecule has 0 unspecified atom stereocenters. The molecular weight excluding hydrogens is 320 g/mol. The number of rotatable bonds is 6. The maximum atomic E-state index is 12.2. The number of benzene rings is 2. The Morgan fingerprint density at radius 3 is 2.42 bits per heavy atom. The molecule has 2 aromatic carbocycles. The van der Waals surface area contributed by atoms with Crippen molar-refractivity contribution in [1.82, 2.24) is 5.32 Å². The molecule has 0 atom stereocenters. The van der Waals surface area contributed by atoms with Gasteiger partial charge < -0.3 is 10.6 Å². The molecule has 2 amide bonds. The molecule has 0 saturated heterocycles. The van der Waals surface area contributed by atoms with E-state index in [2.05, 4.69) is 36.6 Å². The van der Waals surface area contributed by atoms with Gasteiger partial charge in [0.05, 0.1) is 0 Å². The van der Waals surface area contributed by atoms with Crippen LogP contribution in [0.25, 0.3) is 0 Å². The van der Waals surface area contributed by atoms with Crippen molar-refractivity contribution in [2.45, 2.75) is 37.5 Å². The van der Waals surface area contributed by atoms with Gasteiger partial charge in [0, 0.05) is 34.9 Å². The summed E-state index contributed by atoms with van der Waals surface area (Å²) >= 11 is 1.81. The Balaban J connectivity index is 1.94. The standard InChI is InChI=1S/C19H22N2O2S/c1-13(2)24-18-9-7-15(8-10-18)12-20-19(23)16-5-4-6-17(11-16)21-14(3)22/h4-11,13H,12H2,1-3H3,(H,20,23)(H,21,22). The fourth-order valence-electron chi connectivity index (χ4n) is 2.18. The molecule has 2 rings (SSSR count). The van der Waals surface area contributed by atoms with Crippen molar-refractivity contribution in [2.75, 3.05) is 5.32 Å². The Hall–Kier alpha value is -2.27. The SMILES string of the molecule is CC(=O)Nc1cccc(C(=O)NCc2ccc(SC(C)C)cc2)c1. The van der Waals surface area contributed by atoms with Gasteiger partial charge in [0.2, 0.25) is 5.91 Å². The van der Waals surface area contributed by atoms with Crippen LogP contribution >= 0.6 is 11.8 Å². The van der Waals surface area contributed by atoms with E-state index < -0.39 is 0 Å². The number of hydrogen-bond acceptors (Lipinski definition) is 3. The van der Waals surface area contributed by atoms with Crippen LogP contribution in [-0.4, -0.2) is 17.1 Å². The minimum absolute atomic E-state index is 0.160. The van der Waals surface area contributed by atoms with E-state index in [4.69, 9.17) is 0 Å². The first-order valence-electron chi connectivity index (χ1n) is 7.85. The van der Waals surface area contributed by atoms with Gasteiger partial charge in [-0.2, -0.15) is 0 Å². The molecule has 0 aliphatic heterocycles. The van der Waals surface area contributed by atoms with E-state index in [1.165, 1.54) is 11.8 Å². The summed E-state index contributed by atoms with van der Waals surface area (Å²) in [6, 6.07) is 15.1. The number of carbonyl (C=O) groups is 2. The van der Waals surface area contributed by atoms with Crippen LogP contribution in [0.2, 0.25) is 0 Å². The van der Waals surface area contributed by atoms with Crippen LogP contribution in [0.1, 0.15) is 36.7 Å². The highest BCUT2D eigenvalue weighted by Gasteiger charge is 2.07. The summed E-state index contributed by atoms with van der Waals surface area (Å²) in [6.45, 7) is 6.23. The van der Waals surface area contributed by atoms with E-state index in [1.54, 1.807) is 24.3 Å². The van der Waals surface area contributed by atoms with Gasteiger partial charge in [-0.05, 0) is 35.9 Å². The number of nitrogens with one attached hydrogen (secondary N) is 2. The predicted molar refractivity (Wildman–Crippen MR) is 99.4 cm³/mol. The highest BCUT2D eigenvalue weighted by Crippen LogP contribution is 2.22. The Bertz CT molecular complexity index is 712. The summed E-state index contributed by atoms with van der Waals surface area (Å²) in [5, 5.41) is 6.12.